The number of aryl methyl sites for hydroxylation is 1. The molecule has 1 aliphatic carbocycles. The summed E-state index contributed by atoms with van der Waals surface area (Å²) in [4.78, 5) is 32.3. The van der Waals surface area contributed by atoms with Crippen molar-refractivity contribution in [3.8, 4) is 0 Å². The predicted octanol–water partition coefficient (Wildman–Crippen LogP) is 3.49. The number of amides is 2. The molecule has 3 rings (SSSR count). The number of carbonyl (C=O) groups excluding carboxylic acids is 2. The molecule has 0 unspecified atom stereocenters. The van der Waals surface area contributed by atoms with Crippen molar-refractivity contribution in [1.82, 2.24) is 9.88 Å². The number of nitrogens with one attached hydrogen (secondary N) is 1. The van der Waals surface area contributed by atoms with Crippen molar-refractivity contribution in [2.45, 2.75) is 59.3 Å². The van der Waals surface area contributed by atoms with Crippen LogP contribution in [0.5, 0.6) is 0 Å². The number of fused-ring (bicyclic) bond motifs is 1. The lowest BCUT2D eigenvalue weighted by atomic mass is 9.92. The van der Waals surface area contributed by atoms with Gasteiger partial charge in [0.05, 0.1) is 5.69 Å². The Morgan fingerprint density at radius 1 is 1.28 bits per heavy atom. The van der Waals surface area contributed by atoms with E-state index in [0.717, 1.165) is 49.8 Å². The Balaban J connectivity index is 1.47. The second-order valence-corrected chi connectivity index (χ2v) is 9.00. The molecule has 1 aliphatic heterocycles. The topological polar surface area (TPSA) is 62.3 Å². The van der Waals surface area contributed by atoms with Crippen LogP contribution < -0.4 is 5.32 Å². The molecular formula is C19H29N3O2S. The number of aromatic nitrogens is 1. The van der Waals surface area contributed by atoms with Crippen LogP contribution in [0.2, 0.25) is 0 Å². The van der Waals surface area contributed by atoms with Gasteiger partial charge in [-0.1, -0.05) is 20.8 Å². The Bertz CT molecular complexity index is 633. The Kier molecular flexibility index (Phi) is 5.77. The Morgan fingerprint density at radius 3 is 2.68 bits per heavy atom. The van der Waals surface area contributed by atoms with Crippen LogP contribution in [-0.4, -0.2) is 34.8 Å². The number of nitrogens with zero attached hydrogens (tertiary/aromatic N) is 2. The summed E-state index contributed by atoms with van der Waals surface area (Å²) in [6, 6.07) is 0. The molecule has 2 heterocycles. The number of hydrogen-bond acceptors (Lipinski definition) is 4. The van der Waals surface area contributed by atoms with E-state index in [-0.39, 0.29) is 17.7 Å². The van der Waals surface area contributed by atoms with Crippen molar-refractivity contribution in [3.63, 3.8) is 0 Å². The molecule has 0 spiro atoms. The van der Waals surface area contributed by atoms with Gasteiger partial charge in [-0.05, 0) is 43.9 Å². The standard InChI is InChI=1S/C19H29N3O2S/c1-12(2)18(24)22-8-6-14(7-9-22)11-17(23)21-19-20-15-5-4-13(3)10-16(15)25-19/h12-14H,4-11H2,1-3H3,(H,20,21,23)/t13-/m1/s1. The highest BCUT2D eigenvalue weighted by molar-refractivity contribution is 7.15. The predicted molar refractivity (Wildman–Crippen MR) is 101 cm³/mol. The van der Waals surface area contributed by atoms with Gasteiger partial charge in [-0.3, -0.25) is 9.59 Å². The largest absolute Gasteiger partial charge is 0.342 e. The SMILES string of the molecule is CC(C)C(=O)N1CCC(CC(=O)Nc2nc3c(s2)C[C@H](C)CC3)CC1. The fraction of sp³-hybridized carbons (Fsp3) is 0.737. The van der Waals surface area contributed by atoms with E-state index in [1.807, 2.05) is 18.7 Å². The third-order valence-electron chi connectivity index (χ3n) is 5.33. The van der Waals surface area contributed by atoms with Gasteiger partial charge in [-0.2, -0.15) is 0 Å². The normalized spacial score (nSPS) is 21.3. The molecule has 0 aromatic carbocycles. The summed E-state index contributed by atoms with van der Waals surface area (Å²) in [5.41, 5.74) is 1.18. The number of thiazole rings is 1. The van der Waals surface area contributed by atoms with Crippen molar-refractivity contribution in [2.75, 3.05) is 18.4 Å². The minimum absolute atomic E-state index is 0.0542. The highest BCUT2D eigenvalue weighted by atomic mass is 32.1. The van der Waals surface area contributed by atoms with E-state index in [0.29, 0.717) is 12.3 Å². The maximum absolute atomic E-state index is 12.4. The molecule has 1 N–H and O–H groups in total. The third-order valence-corrected chi connectivity index (χ3v) is 6.36. The van der Waals surface area contributed by atoms with Crippen LogP contribution in [-0.2, 0) is 22.4 Å². The summed E-state index contributed by atoms with van der Waals surface area (Å²) in [5, 5.41) is 3.76. The van der Waals surface area contributed by atoms with Crippen molar-refractivity contribution >= 4 is 28.3 Å². The minimum atomic E-state index is 0.0542. The van der Waals surface area contributed by atoms with Crippen LogP contribution in [0.1, 0.15) is 57.0 Å². The van der Waals surface area contributed by atoms with Crippen LogP contribution in [0.3, 0.4) is 0 Å². The molecule has 1 aromatic rings. The molecule has 1 saturated heterocycles. The summed E-state index contributed by atoms with van der Waals surface area (Å²) in [6.07, 6.45) is 5.67. The van der Waals surface area contributed by atoms with Gasteiger partial charge in [-0.15, -0.1) is 11.3 Å². The molecule has 0 bridgehead atoms. The van der Waals surface area contributed by atoms with Gasteiger partial charge in [-0.25, -0.2) is 4.98 Å². The van der Waals surface area contributed by atoms with E-state index in [1.54, 1.807) is 11.3 Å². The third kappa shape index (κ3) is 4.60. The lowest BCUT2D eigenvalue weighted by Gasteiger charge is -2.32. The van der Waals surface area contributed by atoms with Crippen molar-refractivity contribution < 1.29 is 9.59 Å². The van der Waals surface area contributed by atoms with Gasteiger partial charge in [0.25, 0.3) is 0 Å². The molecule has 0 saturated carbocycles. The summed E-state index contributed by atoms with van der Waals surface area (Å²) in [7, 11) is 0. The van der Waals surface area contributed by atoms with E-state index in [9.17, 15) is 9.59 Å². The van der Waals surface area contributed by atoms with Gasteiger partial charge in [0, 0.05) is 30.3 Å². The average molecular weight is 364 g/mol. The highest BCUT2D eigenvalue weighted by Gasteiger charge is 2.26. The maximum Gasteiger partial charge on any atom is 0.226 e. The van der Waals surface area contributed by atoms with Crippen LogP contribution >= 0.6 is 11.3 Å². The average Bonchev–Trinajstić information content (AvgIpc) is 2.95. The molecule has 25 heavy (non-hydrogen) atoms. The quantitative estimate of drug-likeness (QED) is 0.891. The molecule has 5 nitrogen and oxygen atoms in total. The first-order valence-corrected chi connectivity index (χ1v) is 10.3. The molecule has 138 valence electrons. The Hall–Kier alpha value is -1.43. The lowest BCUT2D eigenvalue weighted by molar-refractivity contribution is -0.135. The van der Waals surface area contributed by atoms with E-state index in [4.69, 9.17) is 0 Å². The van der Waals surface area contributed by atoms with E-state index < -0.39 is 0 Å². The van der Waals surface area contributed by atoms with Crippen LogP contribution in [0.15, 0.2) is 0 Å². The van der Waals surface area contributed by atoms with Crippen molar-refractivity contribution in [1.29, 1.82) is 0 Å². The zero-order chi connectivity index (χ0) is 18.0. The highest BCUT2D eigenvalue weighted by Crippen LogP contribution is 2.32. The number of piperidine rings is 1. The fourth-order valence-electron chi connectivity index (χ4n) is 3.75. The summed E-state index contributed by atoms with van der Waals surface area (Å²) >= 11 is 1.64. The van der Waals surface area contributed by atoms with Gasteiger partial charge in [0.2, 0.25) is 11.8 Å². The molecule has 1 fully saturated rings. The smallest absolute Gasteiger partial charge is 0.226 e. The monoisotopic (exact) mass is 363 g/mol. The molecule has 1 aromatic heterocycles. The minimum Gasteiger partial charge on any atom is -0.342 e. The van der Waals surface area contributed by atoms with Crippen LogP contribution in [0.4, 0.5) is 5.13 Å². The molecule has 0 radical (unpaired) electrons. The molecular weight excluding hydrogens is 334 g/mol. The number of likely N-dealkylation sites (tertiary alicyclic amines) is 1. The molecule has 2 aliphatic rings. The molecule has 6 heteroatoms. The first-order chi connectivity index (χ1) is 11.9. The van der Waals surface area contributed by atoms with E-state index in [1.165, 1.54) is 17.0 Å². The van der Waals surface area contributed by atoms with Crippen LogP contribution in [0.25, 0.3) is 0 Å². The second kappa shape index (κ2) is 7.85. The number of hydrogen-bond donors (Lipinski definition) is 1. The first kappa shape index (κ1) is 18.4. The number of carbonyl (C=O) groups is 2. The lowest BCUT2D eigenvalue weighted by Crippen LogP contribution is -2.41. The molecule has 2 amide bonds. The van der Waals surface area contributed by atoms with Crippen LogP contribution in [0, 0.1) is 17.8 Å². The summed E-state index contributed by atoms with van der Waals surface area (Å²) in [5.74, 6) is 1.43. The maximum atomic E-state index is 12.4. The molecule has 1 atom stereocenters. The summed E-state index contributed by atoms with van der Waals surface area (Å²) < 4.78 is 0. The van der Waals surface area contributed by atoms with E-state index in [2.05, 4.69) is 17.2 Å². The second-order valence-electron chi connectivity index (χ2n) is 7.91. The van der Waals surface area contributed by atoms with Crippen molar-refractivity contribution in [3.05, 3.63) is 10.6 Å². The van der Waals surface area contributed by atoms with E-state index >= 15 is 0 Å². The fourth-order valence-corrected chi connectivity index (χ4v) is 4.94. The number of anilines is 1. The summed E-state index contributed by atoms with van der Waals surface area (Å²) in [6.45, 7) is 7.71. The van der Waals surface area contributed by atoms with Gasteiger partial charge in [0.1, 0.15) is 0 Å². The first-order valence-electron chi connectivity index (χ1n) is 9.49. The zero-order valence-electron chi connectivity index (χ0n) is 15.5. The Morgan fingerprint density at radius 2 is 2.00 bits per heavy atom. The van der Waals surface area contributed by atoms with Crippen molar-refractivity contribution in [2.24, 2.45) is 17.8 Å². The van der Waals surface area contributed by atoms with Gasteiger partial charge in [0.15, 0.2) is 5.13 Å². The zero-order valence-corrected chi connectivity index (χ0v) is 16.3. The Labute approximate surface area is 154 Å². The van der Waals surface area contributed by atoms with Gasteiger partial charge < -0.3 is 10.2 Å². The number of rotatable bonds is 4. The van der Waals surface area contributed by atoms with Gasteiger partial charge >= 0.3 is 0 Å².